The van der Waals surface area contributed by atoms with Crippen LogP contribution < -0.4 is 15.8 Å². The van der Waals surface area contributed by atoms with Gasteiger partial charge in [-0.05, 0) is 44.0 Å². The molecule has 1 amide bonds. The van der Waals surface area contributed by atoms with E-state index in [0.717, 1.165) is 25.6 Å². The Morgan fingerprint density at radius 1 is 1.43 bits per heavy atom. The predicted molar refractivity (Wildman–Crippen MR) is 84.6 cm³/mol. The smallest absolute Gasteiger partial charge is 0.253 e. The molecule has 0 atom stereocenters. The van der Waals surface area contributed by atoms with Crippen molar-refractivity contribution in [3.63, 3.8) is 0 Å². The van der Waals surface area contributed by atoms with Crippen LogP contribution in [0.1, 0.15) is 30.1 Å². The fraction of sp³-hybridized carbons (Fsp3) is 0.562. The van der Waals surface area contributed by atoms with Crippen LogP contribution in [0.5, 0.6) is 5.75 Å². The number of anilines is 1. The third-order valence-electron chi connectivity index (χ3n) is 4.09. The van der Waals surface area contributed by atoms with E-state index in [2.05, 4.69) is 17.1 Å². The second-order valence-electron chi connectivity index (χ2n) is 5.73. The number of ether oxygens (including phenoxy) is 1. The van der Waals surface area contributed by atoms with Crippen LogP contribution in [0.2, 0.25) is 0 Å². The average Bonchev–Trinajstić information content (AvgIpc) is 2.49. The van der Waals surface area contributed by atoms with Crippen molar-refractivity contribution in [2.24, 2.45) is 5.92 Å². The topological polar surface area (TPSA) is 67.6 Å². The number of likely N-dealkylation sites (tertiary alicyclic amines) is 1. The summed E-state index contributed by atoms with van der Waals surface area (Å²) in [7, 11) is 1.58. The summed E-state index contributed by atoms with van der Waals surface area (Å²) in [5.74, 6) is 1.36. The largest absolute Gasteiger partial charge is 0.497 e. The van der Waals surface area contributed by atoms with Gasteiger partial charge >= 0.3 is 0 Å². The van der Waals surface area contributed by atoms with Gasteiger partial charge in [-0.25, -0.2) is 0 Å². The molecule has 1 aliphatic rings. The third kappa shape index (κ3) is 4.36. The minimum absolute atomic E-state index is 0.125. The average molecular weight is 291 g/mol. The van der Waals surface area contributed by atoms with Crippen LogP contribution in [-0.4, -0.2) is 44.1 Å². The molecule has 0 aliphatic carbocycles. The van der Waals surface area contributed by atoms with Crippen LogP contribution in [-0.2, 0) is 0 Å². The molecule has 0 saturated carbocycles. The van der Waals surface area contributed by atoms with E-state index in [-0.39, 0.29) is 5.91 Å². The van der Waals surface area contributed by atoms with Crippen molar-refractivity contribution in [2.45, 2.75) is 19.8 Å². The van der Waals surface area contributed by atoms with Crippen LogP contribution >= 0.6 is 0 Å². The molecule has 1 aromatic rings. The number of hydrogen-bond acceptors (Lipinski definition) is 4. The number of nitrogens with zero attached hydrogens (tertiary/aromatic N) is 1. The molecule has 3 N–H and O–H groups in total. The first-order valence-corrected chi connectivity index (χ1v) is 7.54. The van der Waals surface area contributed by atoms with Crippen LogP contribution in [0.25, 0.3) is 0 Å². The van der Waals surface area contributed by atoms with E-state index in [4.69, 9.17) is 10.5 Å². The van der Waals surface area contributed by atoms with Crippen molar-refractivity contribution in [1.29, 1.82) is 0 Å². The fourth-order valence-electron chi connectivity index (χ4n) is 2.58. The molecular formula is C16H25N3O2. The molecule has 1 aliphatic heterocycles. The molecule has 21 heavy (non-hydrogen) atoms. The number of nitrogens with two attached hydrogens (primary N) is 1. The van der Waals surface area contributed by atoms with Crippen LogP contribution in [0, 0.1) is 5.92 Å². The number of benzene rings is 1. The Morgan fingerprint density at radius 2 is 2.14 bits per heavy atom. The molecular weight excluding hydrogens is 266 g/mol. The molecule has 0 bridgehead atoms. The maximum absolute atomic E-state index is 12.1. The van der Waals surface area contributed by atoms with E-state index >= 15 is 0 Å². The van der Waals surface area contributed by atoms with Crippen LogP contribution in [0.4, 0.5) is 5.69 Å². The van der Waals surface area contributed by atoms with Crippen molar-refractivity contribution in [3.05, 3.63) is 23.8 Å². The molecule has 5 nitrogen and oxygen atoms in total. The molecule has 0 unspecified atom stereocenters. The Hall–Kier alpha value is -1.75. The number of rotatable bonds is 5. The van der Waals surface area contributed by atoms with Gasteiger partial charge in [-0.3, -0.25) is 4.79 Å². The lowest BCUT2D eigenvalue weighted by atomic mass is 9.99. The van der Waals surface area contributed by atoms with Gasteiger partial charge in [0.25, 0.3) is 5.91 Å². The summed E-state index contributed by atoms with van der Waals surface area (Å²) in [6, 6.07) is 5.12. The summed E-state index contributed by atoms with van der Waals surface area (Å²) in [6.45, 7) is 6.10. The Kier molecular flexibility index (Phi) is 5.44. The highest BCUT2D eigenvalue weighted by Crippen LogP contribution is 2.19. The van der Waals surface area contributed by atoms with E-state index in [1.54, 1.807) is 25.3 Å². The second-order valence-corrected chi connectivity index (χ2v) is 5.73. The summed E-state index contributed by atoms with van der Waals surface area (Å²) in [6.07, 6.45) is 2.50. The highest BCUT2D eigenvalue weighted by atomic mass is 16.5. The van der Waals surface area contributed by atoms with Gasteiger partial charge in [0.15, 0.2) is 0 Å². The summed E-state index contributed by atoms with van der Waals surface area (Å²) in [5.41, 5.74) is 6.82. The van der Waals surface area contributed by atoms with Gasteiger partial charge in [0, 0.05) is 24.8 Å². The highest BCUT2D eigenvalue weighted by Gasteiger charge is 2.16. The molecule has 1 saturated heterocycles. The number of piperidine rings is 1. The molecule has 1 heterocycles. The van der Waals surface area contributed by atoms with E-state index in [0.29, 0.717) is 23.5 Å². The summed E-state index contributed by atoms with van der Waals surface area (Å²) in [4.78, 5) is 14.5. The van der Waals surface area contributed by atoms with Gasteiger partial charge in [-0.2, -0.15) is 0 Å². The quantitative estimate of drug-likeness (QED) is 0.811. The van der Waals surface area contributed by atoms with E-state index in [1.165, 1.54) is 12.8 Å². The SMILES string of the molecule is COc1ccc(C(=O)NCCN2CCC(C)CC2)c(N)c1. The number of nitrogen functional groups attached to an aromatic ring is 1. The minimum Gasteiger partial charge on any atom is -0.497 e. The molecule has 0 aromatic heterocycles. The van der Waals surface area contributed by atoms with Gasteiger partial charge in [-0.15, -0.1) is 0 Å². The van der Waals surface area contributed by atoms with E-state index < -0.39 is 0 Å². The summed E-state index contributed by atoms with van der Waals surface area (Å²) < 4.78 is 5.08. The fourth-order valence-corrected chi connectivity index (χ4v) is 2.58. The predicted octanol–water partition coefficient (Wildman–Crippen LogP) is 1.74. The zero-order valence-corrected chi connectivity index (χ0v) is 12.9. The maximum Gasteiger partial charge on any atom is 0.253 e. The van der Waals surface area contributed by atoms with Crippen molar-refractivity contribution in [3.8, 4) is 5.75 Å². The van der Waals surface area contributed by atoms with Gasteiger partial charge < -0.3 is 20.7 Å². The first kappa shape index (κ1) is 15.6. The molecule has 1 aromatic carbocycles. The number of hydrogen-bond donors (Lipinski definition) is 2. The molecule has 116 valence electrons. The lowest BCUT2D eigenvalue weighted by Crippen LogP contribution is -2.39. The highest BCUT2D eigenvalue weighted by molar-refractivity contribution is 5.99. The Morgan fingerprint density at radius 3 is 2.76 bits per heavy atom. The summed E-state index contributed by atoms with van der Waals surface area (Å²) >= 11 is 0. The Labute approximate surface area is 126 Å². The molecule has 2 rings (SSSR count). The van der Waals surface area contributed by atoms with Gasteiger partial charge in [0.1, 0.15) is 5.75 Å². The Bertz CT molecular complexity index is 482. The van der Waals surface area contributed by atoms with Gasteiger partial charge in [0.05, 0.1) is 12.7 Å². The lowest BCUT2D eigenvalue weighted by Gasteiger charge is -2.30. The Balaban J connectivity index is 1.79. The number of amides is 1. The maximum atomic E-state index is 12.1. The van der Waals surface area contributed by atoms with Gasteiger partial charge in [0.2, 0.25) is 0 Å². The van der Waals surface area contributed by atoms with Crippen LogP contribution in [0.15, 0.2) is 18.2 Å². The molecule has 1 fully saturated rings. The molecule has 0 radical (unpaired) electrons. The van der Waals surface area contributed by atoms with E-state index in [1.807, 2.05) is 0 Å². The summed E-state index contributed by atoms with van der Waals surface area (Å²) in [5, 5.41) is 2.93. The number of carbonyl (C=O) groups excluding carboxylic acids is 1. The van der Waals surface area contributed by atoms with Crippen molar-refractivity contribution in [2.75, 3.05) is 39.0 Å². The molecule has 0 spiro atoms. The number of methoxy groups -OCH3 is 1. The van der Waals surface area contributed by atoms with Crippen molar-refractivity contribution in [1.82, 2.24) is 10.2 Å². The standard InChI is InChI=1S/C16H25N3O2/c1-12-5-8-19(9-6-12)10-7-18-16(20)14-4-3-13(21-2)11-15(14)17/h3-4,11-12H,5-10,17H2,1-2H3,(H,18,20). The zero-order valence-electron chi connectivity index (χ0n) is 12.9. The zero-order chi connectivity index (χ0) is 15.2. The molecule has 5 heteroatoms. The first-order chi connectivity index (χ1) is 10.1. The normalized spacial score (nSPS) is 16.7. The number of carbonyl (C=O) groups is 1. The first-order valence-electron chi connectivity index (χ1n) is 7.54. The van der Waals surface area contributed by atoms with E-state index in [9.17, 15) is 4.79 Å². The second kappa shape index (κ2) is 7.31. The minimum atomic E-state index is -0.125. The van der Waals surface area contributed by atoms with Crippen molar-refractivity contribution >= 4 is 11.6 Å². The monoisotopic (exact) mass is 291 g/mol. The van der Waals surface area contributed by atoms with Gasteiger partial charge in [-0.1, -0.05) is 6.92 Å². The lowest BCUT2D eigenvalue weighted by molar-refractivity contribution is 0.0945. The van der Waals surface area contributed by atoms with Crippen molar-refractivity contribution < 1.29 is 9.53 Å². The van der Waals surface area contributed by atoms with Crippen LogP contribution in [0.3, 0.4) is 0 Å². The third-order valence-corrected chi connectivity index (χ3v) is 4.09. The number of nitrogens with one attached hydrogen (secondary N) is 1.